The molecule has 0 atom stereocenters. The average Bonchev–Trinajstić information content (AvgIpc) is 3.07. The first-order chi connectivity index (χ1) is 11.5. The van der Waals surface area contributed by atoms with Gasteiger partial charge in [-0.25, -0.2) is 0 Å². The molecule has 3 rings (SSSR count). The van der Waals surface area contributed by atoms with Gasteiger partial charge in [-0.15, -0.1) is 10.2 Å². The van der Waals surface area contributed by atoms with Crippen LogP contribution in [0.1, 0.15) is 11.5 Å². The summed E-state index contributed by atoms with van der Waals surface area (Å²) in [5, 5.41) is 18.8. The molecule has 2 aromatic carbocycles. The molecule has 3 aromatic rings. The van der Waals surface area contributed by atoms with Crippen LogP contribution in [0.4, 0.5) is 5.69 Å². The molecule has 0 unspecified atom stereocenters. The second-order valence-electron chi connectivity index (χ2n) is 4.76. The van der Waals surface area contributed by atoms with Gasteiger partial charge in [-0.05, 0) is 35.9 Å². The van der Waals surface area contributed by atoms with E-state index < -0.39 is 4.92 Å². The van der Waals surface area contributed by atoms with Crippen LogP contribution in [0.2, 0.25) is 0 Å². The highest BCUT2D eigenvalue weighted by atomic mass is 79.9. The number of rotatable bonds is 4. The van der Waals surface area contributed by atoms with Crippen molar-refractivity contribution in [2.24, 2.45) is 0 Å². The second kappa shape index (κ2) is 6.94. The average molecular weight is 407 g/mol. The number of aromatic nitrogens is 2. The van der Waals surface area contributed by atoms with E-state index in [0.29, 0.717) is 10.6 Å². The zero-order valence-corrected chi connectivity index (χ0v) is 14.4. The van der Waals surface area contributed by atoms with Crippen molar-refractivity contribution < 1.29 is 9.34 Å². The Hall–Kier alpha value is -2.51. The lowest BCUT2D eigenvalue weighted by molar-refractivity contribution is -0.384. The maximum absolute atomic E-state index is 10.7. The number of halogens is 2. The molecular formula is C16H9BrClN3O3. The fourth-order valence-electron chi connectivity index (χ4n) is 1.93. The molecule has 24 heavy (non-hydrogen) atoms. The molecule has 0 amide bonds. The van der Waals surface area contributed by atoms with Gasteiger partial charge in [0.25, 0.3) is 11.6 Å². The van der Waals surface area contributed by atoms with Crippen LogP contribution in [0.15, 0.2) is 57.4 Å². The number of nitro benzene ring substituents is 1. The molecule has 8 heteroatoms. The van der Waals surface area contributed by atoms with E-state index in [-0.39, 0.29) is 17.5 Å². The third-order valence-corrected chi connectivity index (χ3v) is 3.92. The van der Waals surface area contributed by atoms with Crippen molar-refractivity contribution in [1.82, 2.24) is 10.2 Å². The first-order valence-corrected chi connectivity index (χ1v) is 7.91. The number of nitrogens with zero attached hydrogens (tertiary/aromatic N) is 3. The Morgan fingerprint density at radius 2 is 1.79 bits per heavy atom. The van der Waals surface area contributed by atoms with E-state index in [0.717, 1.165) is 10.0 Å². The van der Waals surface area contributed by atoms with Gasteiger partial charge in [0.05, 0.1) is 4.92 Å². The molecule has 0 N–H and O–H groups in total. The minimum atomic E-state index is -0.471. The first kappa shape index (κ1) is 16.4. The molecule has 0 saturated heterocycles. The molecule has 0 bridgehead atoms. The lowest BCUT2D eigenvalue weighted by Crippen LogP contribution is -1.87. The summed E-state index contributed by atoms with van der Waals surface area (Å²) in [6.07, 6.45) is 1.71. The maximum Gasteiger partial charge on any atom is 0.269 e. The zero-order chi connectivity index (χ0) is 17.1. The highest BCUT2D eigenvalue weighted by molar-refractivity contribution is 9.10. The summed E-state index contributed by atoms with van der Waals surface area (Å²) >= 11 is 9.58. The van der Waals surface area contributed by atoms with Crippen LogP contribution < -0.4 is 0 Å². The molecule has 0 fully saturated rings. The molecule has 0 aliphatic rings. The summed E-state index contributed by atoms with van der Waals surface area (Å²) in [5.74, 6) is 0.412. The van der Waals surface area contributed by atoms with E-state index in [1.807, 2.05) is 24.3 Å². The lowest BCUT2D eigenvalue weighted by atomic mass is 10.2. The molecule has 0 radical (unpaired) electrons. The summed E-state index contributed by atoms with van der Waals surface area (Å²) < 4.78 is 6.49. The highest BCUT2D eigenvalue weighted by Gasteiger charge is 2.13. The van der Waals surface area contributed by atoms with Gasteiger partial charge in [0.2, 0.25) is 5.89 Å². The van der Waals surface area contributed by atoms with Crippen LogP contribution in [0.5, 0.6) is 0 Å². The van der Waals surface area contributed by atoms with Crippen LogP contribution in [0.3, 0.4) is 0 Å². The summed E-state index contributed by atoms with van der Waals surface area (Å²) in [7, 11) is 0. The predicted molar refractivity (Wildman–Crippen MR) is 94.3 cm³/mol. The minimum Gasteiger partial charge on any atom is -0.415 e. The van der Waals surface area contributed by atoms with E-state index >= 15 is 0 Å². The molecule has 1 heterocycles. The first-order valence-electron chi connectivity index (χ1n) is 6.74. The quantitative estimate of drug-likeness (QED) is 0.442. The zero-order valence-electron chi connectivity index (χ0n) is 12.0. The number of benzene rings is 2. The Morgan fingerprint density at radius 3 is 2.42 bits per heavy atom. The molecule has 6 nitrogen and oxygen atoms in total. The van der Waals surface area contributed by atoms with Crippen molar-refractivity contribution >= 4 is 44.3 Å². The van der Waals surface area contributed by atoms with Gasteiger partial charge in [0.1, 0.15) is 5.03 Å². The van der Waals surface area contributed by atoms with Crippen molar-refractivity contribution in [3.8, 4) is 11.5 Å². The molecule has 0 aliphatic carbocycles. The Balaban J connectivity index is 1.84. The summed E-state index contributed by atoms with van der Waals surface area (Å²) in [6, 6.07) is 13.4. The molecular weight excluding hydrogens is 398 g/mol. The fraction of sp³-hybridized carbons (Fsp3) is 0. The third-order valence-electron chi connectivity index (χ3n) is 3.12. The minimum absolute atomic E-state index is 0.00773. The fourth-order valence-corrected chi connectivity index (χ4v) is 2.40. The molecule has 0 spiro atoms. The monoisotopic (exact) mass is 405 g/mol. The van der Waals surface area contributed by atoms with E-state index in [1.54, 1.807) is 18.2 Å². The molecule has 0 saturated carbocycles. The summed E-state index contributed by atoms with van der Waals surface area (Å²) in [5.41, 5.74) is 1.46. The van der Waals surface area contributed by atoms with Gasteiger partial charge in [0, 0.05) is 22.2 Å². The van der Waals surface area contributed by atoms with Crippen molar-refractivity contribution in [2.75, 3.05) is 0 Å². The summed E-state index contributed by atoms with van der Waals surface area (Å²) in [6.45, 7) is 0. The number of hydrogen-bond donors (Lipinski definition) is 0. The van der Waals surface area contributed by atoms with Gasteiger partial charge in [-0.3, -0.25) is 10.1 Å². The van der Waals surface area contributed by atoms with E-state index in [1.165, 1.54) is 12.1 Å². The molecule has 0 aliphatic heterocycles. The summed E-state index contributed by atoms with van der Waals surface area (Å²) in [4.78, 5) is 10.2. The highest BCUT2D eigenvalue weighted by Crippen LogP contribution is 2.26. The maximum atomic E-state index is 10.7. The molecule has 120 valence electrons. The van der Waals surface area contributed by atoms with Crippen molar-refractivity contribution in [3.63, 3.8) is 0 Å². The SMILES string of the molecule is O=[N+]([O-])c1ccc(-c2nnc(/C(Cl)=C/c3ccc(Br)cc3)o2)cc1. The van der Waals surface area contributed by atoms with E-state index in [9.17, 15) is 10.1 Å². The van der Waals surface area contributed by atoms with Crippen LogP contribution in [-0.2, 0) is 0 Å². The van der Waals surface area contributed by atoms with Crippen LogP contribution in [0, 0.1) is 10.1 Å². The van der Waals surface area contributed by atoms with Gasteiger partial charge >= 0.3 is 0 Å². The van der Waals surface area contributed by atoms with Crippen LogP contribution in [-0.4, -0.2) is 15.1 Å². The normalized spacial score (nSPS) is 11.5. The van der Waals surface area contributed by atoms with Gasteiger partial charge in [-0.2, -0.15) is 0 Å². The predicted octanol–water partition coefficient (Wildman–Crippen LogP) is 5.14. The van der Waals surface area contributed by atoms with Gasteiger partial charge < -0.3 is 4.42 Å². The lowest BCUT2D eigenvalue weighted by Gasteiger charge is -1.96. The topological polar surface area (TPSA) is 82.1 Å². The number of non-ortho nitro benzene ring substituents is 1. The standard InChI is InChI=1S/C16H9BrClN3O3/c17-12-5-1-10(2-6-12)9-14(18)16-20-19-15(24-16)11-3-7-13(8-4-11)21(22)23/h1-9H/b14-9-. The Labute approximate surface area is 150 Å². The van der Waals surface area contributed by atoms with E-state index in [2.05, 4.69) is 26.1 Å². The van der Waals surface area contributed by atoms with Crippen molar-refractivity contribution in [2.45, 2.75) is 0 Å². The number of nitro groups is 1. The Kier molecular flexibility index (Phi) is 4.73. The third kappa shape index (κ3) is 3.69. The Morgan fingerprint density at radius 1 is 1.12 bits per heavy atom. The van der Waals surface area contributed by atoms with Crippen molar-refractivity contribution in [3.05, 3.63) is 74.6 Å². The second-order valence-corrected chi connectivity index (χ2v) is 6.08. The van der Waals surface area contributed by atoms with E-state index in [4.69, 9.17) is 16.0 Å². The van der Waals surface area contributed by atoms with Crippen LogP contribution in [0.25, 0.3) is 22.6 Å². The molecule has 1 aromatic heterocycles. The van der Waals surface area contributed by atoms with Crippen molar-refractivity contribution in [1.29, 1.82) is 0 Å². The largest absolute Gasteiger partial charge is 0.415 e. The van der Waals surface area contributed by atoms with Crippen LogP contribution >= 0.6 is 27.5 Å². The van der Waals surface area contributed by atoms with Gasteiger partial charge in [-0.1, -0.05) is 39.7 Å². The van der Waals surface area contributed by atoms with Gasteiger partial charge in [0.15, 0.2) is 0 Å². The smallest absolute Gasteiger partial charge is 0.269 e. The Bertz CT molecular complexity index is 905. The number of hydrogen-bond acceptors (Lipinski definition) is 5.